The number of guanidine groups is 1. The summed E-state index contributed by atoms with van der Waals surface area (Å²) in [6.07, 6.45) is 1.80. The van der Waals surface area contributed by atoms with E-state index < -0.39 is 4.92 Å². The second-order valence-electron chi connectivity index (χ2n) is 5.96. The van der Waals surface area contributed by atoms with Crippen LogP contribution in [-0.2, 0) is 13.1 Å². The number of nitro groups is 1. The van der Waals surface area contributed by atoms with Gasteiger partial charge in [0.1, 0.15) is 0 Å². The average Bonchev–Trinajstić information content (AvgIpc) is 2.70. The van der Waals surface area contributed by atoms with Gasteiger partial charge in [-0.25, -0.2) is 4.99 Å². The van der Waals surface area contributed by atoms with Gasteiger partial charge in [-0.1, -0.05) is 30.3 Å². The van der Waals surface area contributed by atoms with Crippen LogP contribution in [0.3, 0.4) is 0 Å². The van der Waals surface area contributed by atoms with Gasteiger partial charge in [-0.2, -0.15) is 0 Å². The fourth-order valence-corrected chi connectivity index (χ4v) is 2.77. The number of hydrogen-bond acceptors (Lipinski definition) is 4. The minimum atomic E-state index is -0.398. The zero-order valence-corrected chi connectivity index (χ0v) is 17.8. The van der Waals surface area contributed by atoms with Crippen molar-refractivity contribution in [2.24, 2.45) is 4.99 Å². The van der Waals surface area contributed by atoms with Crippen LogP contribution >= 0.6 is 24.0 Å². The maximum absolute atomic E-state index is 10.9. The Morgan fingerprint density at radius 2 is 1.96 bits per heavy atom. The highest BCUT2D eigenvalue weighted by atomic mass is 127. The lowest BCUT2D eigenvalue weighted by Crippen LogP contribution is -2.36. The first-order chi connectivity index (χ1) is 13.2. The number of nitrogens with zero attached hydrogens (tertiary/aromatic N) is 3. The van der Waals surface area contributed by atoms with Crippen LogP contribution in [0.5, 0.6) is 0 Å². The number of halogens is 1. The van der Waals surface area contributed by atoms with Gasteiger partial charge in [0.15, 0.2) is 5.96 Å². The Labute approximate surface area is 180 Å². The molecule has 1 heterocycles. The predicted octanol–water partition coefficient (Wildman–Crippen LogP) is 4.02. The molecule has 2 aromatic carbocycles. The van der Waals surface area contributed by atoms with Crippen molar-refractivity contribution in [2.45, 2.75) is 20.0 Å². The topological polar surface area (TPSA) is 92.5 Å². The van der Waals surface area contributed by atoms with Crippen LogP contribution in [0.1, 0.15) is 18.1 Å². The van der Waals surface area contributed by atoms with Crippen LogP contribution in [0, 0.1) is 10.1 Å². The van der Waals surface area contributed by atoms with Crippen molar-refractivity contribution in [1.82, 2.24) is 15.6 Å². The quantitative estimate of drug-likeness (QED) is 0.179. The minimum absolute atomic E-state index is 0. The lowest BCUT2D eigenvalue weighted by molar-refractivity contribution is -0.384. The normalized spacial score (nSPS) is 11.0. The van der Waals surface area contributed by atoms with Crippen molar-refractivity contribution in [3.8, 4) is 0 Å². The van der Waals surface area contributed by atoms with E-state index in [0.29, 0.717) is 19.0 Å². The average molecular weight is 491 g/mol. The van der Waals surface area contributed by atoms with E-state index in [1.54, 1.807) is 18.3 Å². The van der Waals surface area contributed by atoms with Crippen molar-refractivity contribution in [2.75, 3.05) is 6.54 Å². The standard InChI is InChI=1S/C20H21N5O2.HI/c1-2-21-20(23-13-15-6-5-7-17(12-15)25(26)27)24-14-16-10-11-22-19-9-4-3-8-18(16)19;/h3-12H,2,13-14H2,1H3,(H2,21,23,24);1H. The Kier molecular flexibility index (Phi) is 8.12. The molecular formula is C20H22IN5O2. The maximum atomic E-state index is 10.9. The molecule has 0 bridgehead atoms. The molecule has 8 heteroatoms. The zero-order valence-electron chi connectivity index (χ0n) is 15.5. The third kappa shape index (κ3) is 5.62. The first kappa shape index (κ1) is 21.5. The molecule has 28 heavy (non-hydrogen) atoms. The zero-order chi connectivity index (χ0) is 19.1. The summed E-state index contributed by atoms with van der Waals surface area (Å²) >= 11 is 0. The highest BCUT2D eigenvalue weighted by Crippen LogP contribution is 2.16. The van der Waals surface area contributed by atoms with Crippen LogP contribution in [-0.4, -0.2) is 22.4 Å². The molecule has 0 spiro atoms. The van der Waals surface area contributed by atoms with Crippen molar-refractivity contribution in [3.05, 3.63) is 82.0 Å². The summed E-state index contributed by atoms with van der Waals surface area (Å²) in [5.74, 6) is 0.657. The monoisotopic (exact) mass is 491 g/mol. The Balaban J connectivity index is 0.00000280. The van der Waals surface area contributed by atoms with Crippen LogP contribution in [0.4, 0.5) is 5.69 Å². The molecule has 0 unspecified atom stereocenters. The van der Waals surface area contributed by atoms with Gasteiger partial charge in [-0.15, -0.1) is 24.0 Å². The Bertz CT molecular complexity index is 972. The largest absolute Gasteiger partial charge is 0.357 e. The van der Waals surface area contributed by atoms with E-state index in [2.05, 4.69) is 20.6 Å². The Hall–Kier alpha value is -2.75. The first-order valence-corrected chi connectivity index (χ1v) is 8.75. The molecule has 0 amide bonds. The summed E-state index contributed by atoms with van der Waals surface area (Å²) in [6.45, 7) is 3.67. The van der Waals surface area contributed by atoms with Crippen LogP contribution < -0.4 is 10.6 Å². The lowest BCUT2D eigenvalue weighted by atomic mass is 10.1. The molecular weight excluding hydrogens is 469 g/mol. The number of benzene rings is 2. The van der Waals surface area contributed by atoms with Gasteiger partial charge in [-0.05, 0) is 30.2 Å². The molecule has 0 fully saturated rings. The van der Waals surface area contributed by atoms with Gasteiger partial charge in [0, 0.05) is 36.8 Å². The van der Waals surface area contributed by atoms with E-state index in [0.717, 1.165) is 28.6 Å². The van der Waals surface area contributed by atoms with Gasteiger partial charge >= 0.3 is 0 Å². The van der Waals surface area contributed by atoms with Crippen molar-refractivity contribution in [1.29, 1.82) is 0 Å². The number of pyridine rings is 1. The molecule has 146 valence electrons. The van der Waals surface area contributed by atoms with E-state index in [1.807, 2.05) is 43.3 Å². The van der Waals surface area contributed by atoms with E-state index in [1.165, 1.54) is 6.07 Å². The number of aliphatic imine (C=N–C) groups is 1. The summed E-state index contributed by atoms with van der Waals surface area (Å²) in [5, 5.41) is 18.5. The first-order valence-electron chi connectivity index (χ1n) is 8.75. The van der Waals surface area contributed by atoms with E-state index >= 15 is 0 Å². The molecule has 1 aromatic heterocycles. The van der Waals surface area contributed by atoms with Crippen LogP contribution in [0.15, 0.2) is 65.8 Å². The van der Waals surface area contributed by atoms with Gasteiger partial charge < -0.3 is 10.6 Å². The summed E-state index contributed by atoms with van der Waals surface area (Å²) in [7, 11) is 0. The number of aromatic nitrogens is 1. The summed E-state index contributed by atoms with van der Waals surface area (Å²) < 4.78 is 0. The van der Waals surface area contributed by atoms with Gasteiger partial charge in [0.25, 0.3) is 5.69 Å². The minimum Gasteiger partial charge on any atom is -0.357 e. The smallest absolute Gasteiger partial charge is 0.269 e. The fraction of sp³-hybridized carbons (Fsp3) is 0.200. The Morgan fingerprint density at radius 1 is 1.14 bits per heavy atom. The van der Waals surface area contributed by atoms with Crippen molar-refractivity contribution < 1.29 is 4.92 Å². The molecule has 0 aliphatic carbocycles. The number of nitrogens with one attached hydrogen (secondary N) is 2. The van der Waals surface area contributed by atoms with Gasteiger partial charge in [0.05, 0.1) is 17.0 Å². The number of fused-ring (bicyclic) bond motifs is 1. The number of hydrogen-bond donors (Lipinski definition) is 2. The third-order valence-electron chi connectivity index (χ3n) is 4.07. The molecule has 3 rings (SSSR count). The van der Waals surface area contributed by atoms with Gasteiger partial charge in [0.2, 0.25) is 0 Å². The molecule has 0 saturated heterocycles. The lowest BCUT2D eigenvalue weighted by Gasteiger charge is -2.12. The van der Waals surface area contributed by atoms with Crippen LogP contribution in [0.25, 0.3) is 10.9 Å². The molecule has 0 aliphatic heterocycles. The summed E-state index contributed by atoms with van der Waals surface area (Å²) in [4.78, 5) is 19.4. The maximum Gasteiger partial charge on any atom is 0.269 e. The number of para-hydroxylation sites is 1. The SMILES string of the molecule is CCNC(=NCc1cccc([N+](=O)[O-])c1)NCc1ccnc2ccccc12.I. The van der Waals surface area contributed by atoms with E-state index in [4.69, 9.17) is 0 Å². The number of non-ortho nitro benzene ring substituents is 1. The second kappa shape index (κ2) is 10.5. The van der Waals surface area contributed by atoms with E-state index in [-0.39, 0.29) is 29.7 Å². The molecule has 0 aliphatic rings. The summed E-state index contributed by atoms with van der Waals surface area (Å²) in [6, 6.07) is 16.5. The van der Waals surface area contributed by atoms with E-state index in [9.17, 15) is 10.1 Å². The fourth-order valence-electron chi connectivity index (χ4n) is 2.77. The predicted molar refractivity (Wildman–Crippen MR) is 122 cm³/mol. The molecule has 0 radical (unpaired) electrons. The molecule has 7 nitrogen and oxygen atoms in total. The highest BCUT2D eigenvalue weighted by molar-refractivity contribution is 14.0. The summed E-state index contributed by atoms with van der Waals surface area (Å²) in [5.41, 5.74) is 2.94. The van der Waals surface area contributed by atoms with Crippen LogP contribution in [0.2, 0.25) is 0 Å². The molecule has 0 atom stereocenters. The molecule has 2 N–H and O–H groups in total. The highest BCUT2D eigenvalue weighted by Gasteiger charge is 2.06. The molecule has 0 saturated carbocycles. The second-order valence-corrected chi connectivity index (χ2v) is 5.96. The molecule has 3 aromatic rings. The van der Waals surface area contributed by atoms with Crippen molar-refractivity contribution >= 4 is 46.5 Å². The van der Waals surface area contributed by atoms with Crippen molar-refractivity contribution in [3.63, 3.8) is 0 Å². The third-order valence-corrected chi connectivity index (χ3v) is 4.07. The van der Waals surface area contributed by atoms with Gasteiger partial charge in [-0.3, -0.25) is 15.1 Å². The number of nitro benzene ring substituents is 1. The Morgan fingerprint density at radius 3 is 2.75 bits per heavy atom. The number of rotatable bonds is 6.